The van der Waals surface area contributed by atoms with Crippen LogP contribution in [-0.2, 0) is 4.84 Å². The Balaban J connectivity index is -0.000000318. The van der Waals surface area contributed by atoms with Crippen LogP contribution in [0.4, 0.5) is 0 Å². The first-order valence-electron chi connectivity index (χ1n) is 6.40. The fraction of sp³-hybridized carbons (Fsp3) is 0.923. The van der Waals surface area contributed by atoms with E-state index in [9.17, 15) is 0 Å². The molecule has 0 N–H and O–H groups in total. The summed E-state index contributed by atoms with van der Waals surface area (Å²) in [5, 5.41) is 3.84. The van der Waals surface area contributed by atoms with Crippen molar-refractivity contribution in [3.8, 4) is 0 Å². The molecule has 0 aromatic rings. The zero-order valence-corrected chi connectivity index (χ0v) is 11.9. The summed E-state index contributed by atoms with van der Waals surface area (Å²) in [5.74, 6) is 0. The molecule has 0 aliphatic carbocycles. The average molecular weight is 217 g/mol. The Kier molecular flexibility index (Phi) is 31.1. The largest absolute Gasteiger partial charge is 0.396 e. The van der Waals surface area contributed by atoms with Gasteiger partial charge < -0.3 is 4.84 Å². The van der Waals surface area contributed by atoms with Gasteiger partial charge in [-0.25, -0.2) is 0 Å². The molecule has 0 saturated carbocycles. The summed E-state index contributed by atoms with van der Waals surface area (Å²) >= 11 is 0. The van der Waals surface area contributed by atoms with Crippen LogP contribution in [0.3, 0.4) is 0 Å². The van der Waals surface area contributed by atoms with E-state index in [1.54, 1.807) is 0 Å². The van der Waals surface area contributed by atoms with Gasteiger partial charge in [-0.15, -0.1) is 0 Å². The summed E-state index contributed by atoms with van der Waals surface area (Å²) in [6, 6.07) is 0. The molecule has 0 aliphatic rings. The molecule has 0 rings (SSSR count). The van der Waals surface area contributed by atoms with Crippen LogP contribution >= 0.6 is 0 Å². The minimum atomic E-state index is 0.769. The van der Waals surface area contributed by atoms with Gasteiger partial charge in [0, 0.05) is 0 Å². The number of nitrogens with zero attached hydrogens (tertiary/aromatic N) is 1. The molecule has 2 nitrogen and oxygen atoms in total. The second kappa shape index (κ2) is 23.4. The standard InChI is InChI=1S/C9H19NO.2C2H6/c1-4-5-6-7-8-11-10-9(2)3;2*1-2/h4-8H2,1-3H3;2*1-2H3. The van der Waals surface area contributed by atoms with Crippen LogP contribution < -0.4 is 0 Å². The molecule has 0 radical (unpaired) electrons. The van der Waals surface area contributed by atoms with E-state index < -0.39 is 0 Å². The van der Waals surface area contributed by atoms with E-state index >= 15 is 0 Å². The molecule has 0 aliphatic heterocycles. The maximum atomic E-state index is 5.03. The van der Waals surface area contributed by atoms with Crippen LogP contribution in [0.1, 0.15) is 74.1 Å². The molecular weight excluding hydrogens is 186 g/mol. The summed E-state index contributed by atoms with van der Waals surface area (Å²) in [4.78, 5) is 5.03. The fourth-order valence-electron chi connectivity index (χ4n) is 0.768. The third-order valence-electron chi connectivity index (χ3n) is 1.34. The van der Waals surface area contributed by atoms with Gasteiger partial charge in [-0.05, 0) is 26.7 Å². The van der Waals surface area contributed by atoms with Crippen LogP contribution in [0.15, 0.2) is 5.16 Å². The van der Waals surface area contributed by atoms with Crippen molar-refractivity contribution in [1.29, 1.82) is 0 Å². The minimum absolute atomic E-state index is 0.769. The maximum absolute atomic E-state index is 5.03. The lowest BCUT2D eigenvalue weighted by Crippen LogP contribution is -1.90. The zero-order valence-electron chi connectivity index (χ0n) is 11.9. The third kappa shape index (κ3) is 31.8. The Bertz CT molecular complexity index is 107. The smallest absolute Gasteiger partial charge is 0.117 e. The summed E-state index contributed by atoms with van der Waals surface area (Å²) in [6.07, 6.45) is 4.97. The van der Waals surface area contributed by atoms with Crippen molar-refractivity contribution in [2.24, 2.45) is 5.16 Å². The topological polar surface area (TPSA) is 21.6 Å². The Hall–Kier alpha value is -0.530. The van der Waals surface area contributed by atoms with Gasteiger partial charge in [0.2, 0.25) is 0 Å². The summed E-state index contributed by atoms with van der Waals surface area (Å²) < 4.78 is 0. The Morgan fingerprint density at radius 3 is 1.87 bits per heavy atom. The highest BCUT2D eigenvalue weighted by Crippen LogP contribution is 1.98. The first kappa shape index (κ1) is 20.0. The van der Waals surface area contributed by atoms with Gasteiger partial charge >= 0.3 is 0 Å². The van der Waals surface area contributed by atoms with Crippen molar-refractivity contribution >= 4 is 5.71 Å². The van der Waals surface area contributed by atoms with Crippen molar-refractivity contribution in [2.75, 3.05) is 6.61 Å². The first-order valence-corrected chi connectivity index (χ1v) is 6.40. The molecule has 0 aromatic carbocycles. The number of unbranched alkanes of at least 4 members (excludes halogenated alkanes) is 3. The second-order valence-corrected chi connectivity index (χ2v) is 2.93. The predicted molar refractivity (Wildman–Crippen MR) is 71.6 cm³/mol. The molecule has 0 unspecified atom stereocenters. The van der Waals surface area contributed by atoms with Gasteiger partial charge in [-0.2, -0.15) is 0 Å². The minimum Gasteiger partial charge on any atom is -0.396 e. The van der Waals surface area contributed by atoms with Gasteiger partial charge in [0.25, 0.3) is 0 Å². The highest BCUT2D eigenvalue weighted by Gasteiger charge is 1.86. The van der Waals surface area contributed by atoms with Crippen molar-refractivity contribution in [3.05, 3.63) is 0 Å². The Morgan fingerprint density at radius 1 is 0.933 bits per heavy atom. The quantitative estimate of drug-likeness (QED) is 0.347. The second-order valence-electron chi connectivity index (χ2n) is 2.93. The number of oxime groups is 1. The van der Waals surface area contributed by atoms with Crippen LogP contribution in [-0.4, -0.2) is 12.3 Å². The number of hydrogen-bond acceptors (Lipinski definition) is 2. The molecule has 0 spiro atoms. The van der Waals surface area contributed by atoms with E-state index in [0.29, 0.717) is 0 Å². The van der Waals surface area contributed by atoms with Gasteiger partial charge in [0.05, 0.1) is 5.71 Å². The van der Waals surface area contributed by atoms with E-state index in [-0.39, 0.29) is 0 Å². The Labute approximate surface area is 97.1 Å². The maximum Gasteiger partial charge on any atom is 0.117 e. The molecule has 15 heavy (non-hydrogen) atoms. The molecule has 0 amide bonds. The molecule has 94 valence electrons. The monoisotopic (exact) mass is 217 g/mol. The highest BCUT2D eigenvalue weighted by atomic mass is 16.6. The van der Waals surface area contributed by atoms with E-state index in [4.69, 9.17) is 4.84 Å². The van der Waals surface area contributed by atoms with Crippen molar-refractivity contribution < 1.29 is 4.84 Å². The molecule has 0 fully saturated rings. The molecule has 0 bridgehead atoms. The predicted octanol–water partition coefficient (Wildman–Crippen LogP) is 5.03. The third-order valence-corrected chi connectivity index (χ3v) is 1.34. The van der Waals surface area contributed by atoms with E-state index in [0.717, 1.165) is 18.7 Å². The summed E-state index contributed by atoms with van der Waals surface area (Å²) in [5.41, 5.74) is 0.987. The molecule has 0 saturated heterocycles. The average Bonchev–Trinajstić information content (AvgIpc) is 2.28. The fourth-order valence-corrected chi connectivity index (χ4v) is 0.768. The molecule has 2 heteroatoms. The van der Waals surface area contributed by atoms with Crippen molar-refractivity contribution in [3.63, 3.8) is 0 Å². The van der Waals surface area contributed by atoms with Crippen LogP contribution in [0.5, 0.6) is 0 Å². The summed E-state index contributed by atoms with van der Waals surface area (Å²) in [6.45, 7) is 14.8. The normalized spacial score (nSPS) is 7.67. The lowest BCUT2D eigenvalue weighted by Gasteiger charge is -1.98. The Morgan fingerprint density at radius 2 is 1.47 bits per heavy atom. The zero-order chi connectivity index (χ0) is 12.5. The van der Waals surface area contributed by atoms with E-state index in [2.05, 4.69) is 12.1 Å². The van der Waals surface area contributed by atoms with E-state index in [1.165, 1.54) is 19.3 Å². The van der Waals surface area contributed by atoms with Crippen LogP contribution in [0.2, 0.25) is 0 Å². The number of hydrogen-bond donors (Lipinski definition) is 0. The first-order chi connectivity index (χ1) is 7.27. The van der Waals surface area contributed by atoms with Crippen molar-refractivity contribution in [1.82, 2.24) is 0 Å². The van der Waals surface area contributed by atoms with Gasteiger partial charge in [0.15, 0.2) is 0 Å². The van der Waals surface area contributed by atoms with Gasteiger partial charge in [-0.3, -0.25) is 0 Å². The number of rotatable bonds is 6. The summed E-state index contributed by atoms with van der Waals surface area (Å²) in [7, 11) is 0. The lowest BCUT2D eigenvalue weighted by molar-refractivity contribution is 0.139. The van der Waals surface area contributed by atoms with E-state index in [1.807, 2.05) is 41.5 Å². The SMILES string of the molecule is CC.CC.CCCCCCON=C(C)C. The van der Waals surface area contributed by atoms with Crippen molar-refractivity contribution in [2.45, 2.75) is 74.1 Å². The highest BCUT2D eigenvalue weighted by molar-refractivity contribution is 5.78. The molecule has 0 aromatic heterocycles. The van der Waals surface area contributed by atoms with Crippen LogP contribution in [0.25, 0.3) is 0 Å². The molecule has 0 heterocycles. The van der Waals surface area contributed by atoms with Crippen LogP contribution in [0, 0.1) is 0 Å². The lowest BCUT2D eigenvalue weighted by atomic mass is 10.2. The van der Waals surface area contributed by atoms with Gasteiger partial charge in [0.1, 0.15) is 6.61 Å². The van der Waals surface area contributed by atoms with Gasteiger partial charge in [-0.1, -0.05) is 52.6 Å². The molecule has 0 atom stereocenters. The molecular formula is C13H31NO.